The highest BCUT2D eigenvalue weighted by atomic mass is 19.1. The van der Waals surface area contributed by atoms with Crippen LogP contribution in [0.15, 0.2) is 48.5 Å². The Balaban J connectivity index is 1.80. The summed E-state index contributed by atoms with van der Waals surface area (Å²) >= 11 is 0. The Hall–Kier alpha value is -3.49. The fraction of sp³-hybridized carbons (Fsp3) is 0.333. The van der Waals surface area contributed by atoms with Crippen LogP contribution in [-0.4, -0.2) is 48.4 Å². The van der Waals surface area contributed by atoms with Crippen LogP contribution in [0.5, 0.6) is 17.2 Å². The van der Waals surface area contributed by atoms with E-state index in [0.29, 0.717) is 45.3 Å². The number of hydrogen-bond donors (Lipinski definition) is 2. The highest BCUT2D eigenvalue weighted by Crippen LogP contribution is 2.34. The molecule has 0 amide bonds. The number of carbonyl (C=O) groups excluding carboxylic acids is 1. The number of halogens is 1. The van der Waals surface area contributed by atoms with Gasteiger partial charge in [0.15, 0.2) is 17.3 Å². The topological polar surface area (TPSA) is 98.1 Å². The molecular weight excluding hydrogens is 453 g/mol. The van der Waals surface area contributed by atoms with E-state index in [-0.39, 0.29) is 37.7 Å². The molecule has 0 bridgehead atoms. The van der Waals surface area contributed by atoms with Gasteiger partial charge in [0, 0.05) is 17.5 Å². The van der Waals surface area contributed by atoms with E-state index in [1.54, 1.807) is 56.3 Å². The predicted octanol–water partition coefficient (Wildman–Crippen LogP) is 4.46. The van der Waals surface area contributed by atoms with Gasteiger partial charge in [-0.2, -0.15) is 0 Å². The van der Waals surface area contributed by atoms with Crippen molar-refractivity contribution in [2.45, 2.75) is 32.3 Å². The second-order valence-electron chi connectivity index (χ2n) is 8.35. The van der Waals surface area contributed by atoms with E-state index in [0.717, 1.165) is 0 Å². The summed E-state index contributed by atoms with van der Waals surface area (Å²) in [4.78, 5) is 17.5. The number of Topliss-reactive ketones (excluding diaryl/α,β-unsaturated/α-hetero) is 1. The third-order valence-corrected chi connectivity index (χ3v) is 5.73. The SMILES string of the molecule is COc1cc(C(=O)CC[C@@](C)(O)c2ccc(OC)c(-c3ccc(F)c(C)c3)n2)ccc1OCCO. The Morgan fingerprint density at radius 1 is 1.03 bits per heavy atom. The summed E-state index contributed by atoms with van der Waals surface area (Å²) in [6.45, 7) is 3.24. The van der Waals surface area contributed by atoms with Crippen LogP contribution in [0.4, 0.5) is 4.39 Å². The number of methoxy groups -OCH3 is 2. The number of nitrogens with zero attached hydrogens (tertiary/aromatic N) is 1. The van der Waals surface area contributed by atoms with Gasteiger partial charge in [-0.1, -0.05) is 0 Å². The molecule has 0 aliphatic carbocycles. The normalized spacial score (nSPS) is 12.7. The minimum atomic E-state index is -1.40. The average molecular weight is 484 g/mol. The monoisotopic (exact) mass is 483 g/mol. The summed E-state index contributed by atoms with van der Waals surface area (Å²) in [5.41, 5.74) is 0.984. The largest absolute Gasteiger partial charge is 0.494 e. The number of ketones is 1. The van der Waals surface area contributed by atoms with Crippen molar-refractivity contribution in [2.24, 2.45) is 0 Å². The van der Waals surface area contributed by atoms with E-state index >= 15 is 0 Å². The molecule has 1 heterocycles. The molecule has 0 saturated heterocycles. The van der Waals surface area contributed by atoms with Gasteiger partial charge in [-0.3, -0.25) is 4.79 Å². The van der Waals surface area contributed by atoms with Crippen molar-refractivity contribution in [1.82, 2.24) is 4.98 Å². The van der Waals surface area contributed by atoms with Crippen molar-refractivity contribution < 1.29 is 33.6 Å². The fourth-order valence-corrected chi connectivity index (χ4v) is 3.66. The van der Waals surface area contributed by atoms with Gasteiger partial charge in [-0.05, 0) is 74.4 Å². The van der Waals surface area contributed by atoms with E-state index < -0.39 is 5.60 Å². The molecule has 0 unspecified atom stereocenters. The van der Waals surface area contributed by atoms with Crippen LogP contribution in [0.25, 0.3) is 11.3 Å². The van der Waals surface area contributed by atoms with E-state index in [4.69, 9.17) is 19.3 Å². The number of rotatable bonds is 11. The molecule has 2 aromatic carbocycles. The van der Waals surface area contributed by atoms with Crippen LogP contribution in [0.2, 0.25) is 0 Å². The number of aliphatic hydroxyl groups excluding tert-OH is 1. The average Bonchev–Trinajstić information content (AvgIpc) is 2.87. The maximum atomic E-state index is 13.8. The van der Waals surface area contributed by atoms with Crippen molar-refractivity contribution in [3.63, 3.8) is 0 Å². The molecule has 8 heteroatoms. The second-order valence-corrected chi connectivity index (χ2v) is 8.35. The van der Waals surface area contributed by atoms with E-state index in [1.807, 2.05) is 0 Å². The molecule has 1 atom stereocenters. The molecule has 1 aromatic heterocycles. The first-order chi connectivity index (χ1) is 16.7. The predicted molar refractivity (Wildman–Crippen MR) is 130 cm³/mol. The zero-order chi connectivity index (χ0) is 25.6. The first-order valence-electron chi connectivity index (χ1n) is 11.2. The standard InChI is InChI=1S/C27H30FNO6/c1-17-15-19(5-7-20(17)28)26-23(33-3)9-10-25(29-26)27(2,32)12-11-21(31)18-6-8-22(35-14-13-30)24(16-18)34-4/h5-10,15-16,30,32H,11-14H2,1-4H3/t27-/m1/s1. The number of carbonyl (C=O) groups is 1. The van der Waals surface area contributed by atoms with Gasteiger partial charge in [0.1, 0.15) is 29.5 Å². The Morgan fingerprint density at radius 2 is 1.74 bits per heavy atom. The molecule has 0 radical (unpaired) electrons. The first kappa shape index (κ1) is 26.1. The smallest absolute Gasteiger partial charge is 0.163 e. The van der Waals surface area contributed by atoms with Crippen molar-refractivity contribution >= 4 is 5.78 Å². The van der Waals surface area contributed by atoms with Crippen molar-refractivity contribution in [1.29, 1.82) is 0 Å². The van der Waals surface area contributed by atoms with Crippen molar-refractivity contribution in [3.05, 3.63) is 71.2 Å². The number of ether oxygens (including phenoxy) is 3. The Bertz CT molecular complexity index is 1190. The highest BCUT2D eigenvalue weighted by molar-refractivity contribution is 5.96. The molecule has 186 valence electrons. The molecule has 0 fully saturated rings. The van der Waals surface area contributed by atoms with Gasteiger partial charge in [0.05, 0.1) is 26.5 Å². The van der Waals surface area contributed by atoms with Crippen LogP contribution in [-0.2, 0) is 5.60 Å². The molecule has 3 aromatic rings. The van der Waals surface area contributed by atoms with Crippen LogP contribution in [0, 0.1) is 12.7 Å². The number of aryl methyl sites for hydroxylation is 1. The molecule has 35 heavy (non-hydrogen) atoms. The lowest BCUT2D eigenvalue weighted by Gasteiger charge is -2.24. The Kier molecular flexibility index (Phi) is 8.43. The minimum Gasteiger partial charge on any atom is -0.494 e. The summed E-state index contributed by atoms with van der Waals surface area (Å²) < 4.78 is 29.9. The van der Waals surface area contributed by atoms with Crippen LogP contribution in [0.3, 0.4) is 0 Å². The molecule has 3 rings (SSSR count). The van der Waals surface area contributed by atoms with Gasteiger partial charge in [-0.15, -0.1) is 0 Å². The lowest BCUT2D eigenvalue weighted by Crippen LogP contribution is -2.24. The summed E-state index contributed by atoms with van der Waals surface area (Å²) in [6, 6.07) is 12.8. The highest BCUT2D eigenvalue weighted by Gasteiger charge is 2.27. The summed E-state index contributed by atoms with van der Waals surface area (Å²) in [5, 5.41) is 20.1. The second kappa shape index (κ2) is 11.3. The number of aliphatic hydroxyl groups is 2. The Labute approximate surface area is 204 Å². The molecular formula is C27H30FNO6. The number of pyridine rings is 1. The zero-order valence-electron chi connectivity index (χ0n) is 20.3. The summed E-state index contributed by atoms with van der Waals surface area (Å²) in [7, 11) is 2.98. The molecule has 0 saturated carbocycles. The third-order valence-electron chi connectivity index (χ3n) is 5.73. The molecule has 0 aliphatic rings. The van der Waals surface area contributed by atoms with E-state index in [1.165, 1.54) is 20.3 Å². The van der Waals surface area contributed by atoms with Crippen molar-refractivity contribution in [2.75, 3.05) is 27.4 Å². The first-order valence-corrected chi connectivity index (χ1v) is 11.2. The summed E-state index contributed by atoms with van der Waals surface area (Å²) in [6.07, 6.45) is 0.184. The van der Waals surface area contributed by atoms with Gasteiger partial charge in [-0.25, -0.2) is 9.37 Å². The molecule has 0 aliphatic heterocycles. The molecule has 7 nitrogen and oxygen atoms in total. The Morgan fingerprint density at radius 3 is 2.40 bits per heavy atom. The minimum absolute atomic E-state index is 0.0612. The zero-order valence-corrected chi connectivity index (χ0v) is 20.3. The lowest BCUT2D eigenvalue weighted by molar-refractivity contribution is 0.0397. The van der Waals surface area contributed by atoms with Gasteiger partial charge < -0.3 is 24.4 Å². The number of hydrogen-bond acceptors (Lipinski definition) is 7. The maximum Gasteiger partial charge on any atom is 0.163 e. The van der Waals surface area contributed by atoms with Gasteiger partial charge in [0.2, 0.25) is 0 Å². The number of aromatic nitrogens is 1. The maximum absolute atomic E-state index is 13.8. The van der Waals surface area contributed by atoms with Crippen LogP contribution >= 0.6 is 0 Å². The van der Waals surface area contributed by atoms with E-state index in [9.17, 15) is 14.3 Å². The third kappa shape index (κ3) is 6.15. The summed E-state index contributed by atoms with van der Waals surface area (Å²) in [5.74, 6) is 0.796. The number of benzene rings is 2. The van der Waals surface area contributed by atoms with Crippen LogP contribution in [0.1, 0.15) is 41.4 Å². The van der Waals surface area contributed by atoms with Crippen LogP contribution < -0.4 is 14.2 Å². The quantitative estimate of drug-likeness (QED) is 0.389. The molecule has 0 spiro atoms. The fourth-order valence-electron chi connectivity index (χ4n) is 3.66. The lowest BCUT2D eigenvalue weighted by atomic mass is 9.92. The van der Waals surface area contributed by atoms with Crippen molar-refractivity contribution in [3.8, 4) is 28.5 Å². The van der Waals surface area contributed by atoms with Gasteiger partial charge in [0.25, 0.3) is 0 Å². The molecule has 2 N–H and O–H groups in total. The van der Waals surface area contributed by atoms with Gasteiger partial charge >= 0.3 is 0 Å². The van der Waals surface area contributed by atoms with E-state index in [2.05, 4.69) is 4.98 Å².